The van der Waals surface area contributed by atoms with E-state index in [-0.39, 0.29) is 5.91 Å². The molecule has 10 heteroatoms. The van der Waals surface area contributed by atoms with Crippen molar-refractivity contribution in [3.63, 3.8) is 0 Å². The molecule has 2 aromatic carbocycles. The summed E-state index contributed by atoms with van der Waals surface area (Å²) in [5, 5.41) is 6.20. The first-order valence-electron chi connectivity index (χ1n) is 11.8. The number of rotatable bonds is 8. The van der Waals surface area contributed by atoms with E-state index in [9.17, 15) is 4.79 Å². The fourth-order valence-electron chi connectivity index (χ4n) is 4.17. The molecule has 0 unspecified atom stereocenters. The number of methoxy groups -OCH3 is 1. The van der Waals surface area contributed by atoms with Gasteiger partial charge in [0, 0.05) is 43.7 Å². The predicted molar refractivity (Wildman–Crippen MR) is 136 cm³/mol. The summed E-state index contributed by atoms with van der Waals surface area (Å²) >= 11 is 0. The fraction of sp³-hybridized carbons (Fsp3) is 0.308. The van der Waals surface area contributed by atoms with Gasteiger partial charge in [0.1, 0.15) is 11.5 Å². The molecule has 1 saturated heterocycles. The molecule has 0 atom stereocenters. The maximum atomic E-state index is 13.0. The number of amides is 1. The molecule has 1 amide bonds. The lowest BCUT2D eigenvalue weighted by atomic mass is 10.1. The molecule has 3 aromatic rings. The highest BCUT2D eigenvalue weighted by Gasteiger charge is 2.21. The van der Waals surface area contributed by atoms with Gasteiger partial charge in [0.2, 0.25) is 5.91 Å². The zero-order valence-corrected chi connectivity index (χ0v) is 20.3. The number of nitrogens with one attached hydrogen (secondary N) is 2. The summed E-state index contributed by atoms with van der Waals surface area (Å²) in [6, 6.07) is 13.6. The third kappa shape index (κ3) is 5.14. The van der Waals surface area contributed by atoms with Gasteiger partial charge in [-0.2, -0.15) is 0 Å². The van der Waals surface area contributed by atoms with Crippen LogP contribution in [0.3, 0.4) is 0 Å². The van der Waals surface area contributed by atoms with Gasteiger partial charge in [0.05, 0.1) is 44.3 Å². The number of anilines is 3. The zero-order valence-electron chi connectivity index (χ0n) is 20.3. The van der Waals surface area contributed by atoms with Crippen molar-refractivity contribution in [2.24, 2.45) is 0 Å². The number of nitrogens with zero attached hydrogens (tertiary/aromatic N) is 3. The van der Waals surface area contributed by atoms with Gasteiger partial charge < -0.3 is 34.2 Å². The standard InChI is InChI=1S/C26H29N5O5/c1-30(25(32)16-31-9-11-34-12-10-31)21-6-4-3-5-19(21)24-15-28-26(36-24)29-18-7-8-20(22(13-18)33-2)23-14-27-17-35-23/h3-8,13-15,27H,9-12,16-17H2,1-2H3,(H,28,29). The first-order valence-corrected chi connectivity index (χ1v) is 11.8. The summed E-state index contributed by atoms with van der Waals surface area (Å²) < 4.78 is 22.5. The number of carbonyl (C=O) groups is 1. The maximum Gasteiger partial charge on any atom is 0.299 e. The maximum absolute atomic E-state index is 13.0. The van der Waals surface area contributed by atoms with E-state index in [1.165, 1.54) is 0 Å². The minimum absolute atomic E-state index is 0.00551. The van der Waals surface area contributed by atoms with Crippen molar-refractivity contribution < 1.29 is 23.4 Å². The number of carbonyl (C=O) groups excluding carboxylic acids is 1. The van der Waals surface area contributed by atoms with Crippen molar-refractivity contribution in [2.75, 3.05) is 64.0 Å². The van der Waals surface area contributed by atoms with Crippen molar-refractivity contribution >= 4 is 29.1 Å². The Morgan fingerprint density at radius 2 is 2.03 bits per heavy atom. The molecule has 2 N–H and O–H groups in total. The second kappa shape index (κ2) is 10.7. The number of hydrogen-bond acceptors (Lipinski definition) is 9. The van der Waals surface area contributed by atoms with Crippen molar-refractivity contribution in [3.8, 4) is 17.1 Å². The quantitative estimate of drug-likeness (QED) is 0.492. The SMILES string of the molecule is COc1cc(Nc2ncc(-c3ccccc3N(C)C(=O)CN3CCOCC3)o2)ccc1C1=CNCO1. The van der Waals surface area contributed by atoms with Crippen LogP contribution >= 0.6 is 0 Å². The Morgan fingerprint density at radius 1 is 1.19 bits per heavy atom. The van der Waals surface area contributed by atoms with Crippen molar-refractivity contribution in [1.82, 2.24) is 15.2 Å². The molecule has 0 bridgehead atoms. The summed E-state index contributed by atoms with van der Waals surface area (Å²) in [7, 11) is 3.40. The molecule has 1 aromatic heterocycles. The Kier molecular flexibility index (Phi) is 7.06. The third-order valence-corrected chi connectivity index (χ3v) is 6.14. The molecular formula is C26H29N5O5. The van der Waals surface area contributed by atoms with Gasteiger partial charge in [0.25, 0.3) is 6.01 Å². The molecule has 0 spiro atoms. The molecule has 0 radical (unpaired) electrons. The molecule has 36 heavy (non-hydrogen) atoms. The average Bonchev–Trinajstić information content (AvgIpc) is 3.61. The lowest BCUT2D eigenvalue weighted by Crippen LogP contribution is -2.43. The molecule has 1 fully saturated rings. The minimum Gasteiger partial charge on any atom is -0.496 e. The highest BCUT2D eigenvalue weighted by Crippen LogP contribution is 2.34. The number of para-hydroxylation sites is 1. The number of hydrogen-bond donors (Lipinski definition) is 2. The van der Waals surface area contributed by atoms with Crippen molar-refractivity contribution in [2.45, 2.75) is 0 Å². The van der Waals surface area contributed by atoms with Gasteiger partial charge in [0.15, 0.2) is 12.5 Å². The molecular weight excluding hydrogens is 462 g/mol. The lowest BCUT2D eigenvalue weighted by molar-refractivity contribution is -0.120. The summed E-state index contributed by atoms with van der Waals surface area (Å²) in [6.45, 7) is 3.59. The fourth-order valence-corrected chi connectivity index (χ4v) is 4.17. The van der Waals surface area contributed by atoms with Crippen LogP contribution in [-0.4, -0.2) is 69.5 Å². The van der Waals surface area contributed by atoms with Gasteiger partial charge in [-0.05, 0) is 24.3 Å². The van der Waals surface area contributed by atoms with Crippen LogP contribution in [0.1, 0.15) is 5.56 Å². The molecule has 5 rings (SSSR count). The first-order chi connectivity index (χ1) is 17.6. The van der Waals surface area contributed by atoms with Crippen LogP contribution < -0.4 is 20.3 Å². The topological polar surface area (TPSA) is 101 Å². The second-order valence-corrected chi connectivity index (χ2v) is 8.43. The highest BCUT2D eigenvalue weighted by atomic mass is 16.5. The summed E-state index contributed by atoms with van der Waals surface area (Å²) in [4.78, 5) is 21.1. The Morgan fingerprint density at radius 3 is 2.81 bits per heavy atom. The average molecular weight is 492 g/mol. The number of morpholine rings is 1. The second-order valence-electron chi connectivity index (χ2n) is 8.43. The Balaban J connectivity index is 1.32. The molecule has 188 valence electrons. The number of oxazole rings is 1. The van der Waals surface area contributed by atoms with Crippen LogP contribution in [0.15, 0.2) is 59.3 Å². The van der Waals surface area contributed by atoms with E-state index in [1.54, 1.807) is 25.3 Å². The van der Waals surface area contributed by atoms with Gasteiger partial charge >= 0.3 is 0 Å². The van der Waals surface area contributed by atoms with Crippen molar-refractivity contribution in [1.29, 1.82) is 0 Å². The largest absolute Gasteiger partial charge is 0.496 e. The summed E-state index contributed by atoms with van der Waals surface area (Å²) in [5.41, 5.74) is 3.13. The van der Waals surface area contributed by atoms with Crippen molar-refractivity contribution in [3.05, 3.63) is 60.4 Å². The Labute approximate surface area is 209 Å². The number of benzene rings is 2. The number of ether oxygens (including phenoxy) is 3. The number of likely N-dealkylation sites (N-methyl/N-ethyl adjacent to an activating group) is 1. The Hall–Kier alpha value is -4.02. The normalized spacial score (nSPS) is 15.6. The van der Waals surface area contributed by atoms with E-state index in [0.29, 0.717) is 44.0 Å². The highest BCUT2D eigenvalue weighted by molar-refractivity contribution is 5.98. The molecule has 10 nitrogen and oxygen atoms in total. The van der Waals surface area contributed by atoms with E-state index in [2.05, 4.69) is 20.5 Å². The molecule has 0 aliphatic carbocycles. The van der Waals surface area contributed by atoms with E-state index in [1.807, 2.05) is 48.7 Å². The van der Waals surface area contributed by atoms with Crippen LogP contribution in [-0.2, 0) is 14.3 Å². The van der Waals surface area contributed by atoms with Crippen LogP contribution in [0.5, 0.6) is 5.75 Å². The smallest absolute Gasteiger partial charge is 0.299 e. The molecule has 2 aliphatic rings. The van der Waals surface area contributed by atoms with E-state index >= 15 is 0 Å². The van der Waals surface area contributed by atoms with Crippen LogP contribution in [0, 0.1) is 0 Å². The van der Waals surface area contributed by atoms with Crippen LogP contribution in [0.4, 0.5) is 17.4 Å². The van der Waals surface area contributed by atoms with E-state index in [4.69, 9.17) is 18.6 Å². The third-order valence-electron chi connectivity index (χ3n) is 6.14. The zero-order chi connectivity index (χ0) is 24.9. The monoisotopic (exact) mass is 491 g/mol. The van der Waals surface area contributed by atoms with Gasteiger partial charge in [-0.25, -0.2) is 4.98 Å². The predicted octanol–water partition coefficient (Wildman–Crippen LogP) is 3.26. The minimum atomic E-state index is 0.00551. The van der Waals surface area contributed by atoms with Crippen LogP contribution in [0.25, 0.3) is 17.1 Å². The Bertz CT molecular complexity index is 1250. The lowest BCUT2D eigenvalue weighted by Gasteiger charge is -2.28. The van der Waals surface area contributed by atoms with E-state index in [0.717, 1.165) is 41.4 Å². The first kappa shape index (κ1) is 23.7. The van der Waals surface area contributed by atoms with Crippen LogP contribution in [0.2, 0.25) is 0 Å². The molecule has 2 aliphatic heterocycles. The van der Waals surface area contributed by atoms with E-state index < -0.39 is 0 Å². The summed E-state index contributed by atoms with van der Waals surface area (Å²) in [5.74, 6) is 1.94. The van der Waals surface area contributed by atoms with Gasteiger partial charge in [-0.15, -0.1) is 0 Å². The van der Waals surface area contributed by atoms with Gasteiger partial charge in [-0.3, -0.25) is 9.69 Å². The molecule has 0 saturated carbocycles. The summed E-state index contributed by atoms with van der Waals surface area (Å²) in [6.07, 6.45) is 3.46. The van der Waals surface area contributed by atoms with Gasteiger partial charge in [-0.1, -0.05) is 12.1 Å². The molecule has 3 heterocycles. The number of aromatic nitrogens is 1.